The predicted molar refractivity (Wildman–Crippen MR) is 119 cm³/mol. The number of methoxy groups -OCH3 is 1. The lowest BCUT2D eigenvalue weighted by Gasteiger charge is -2.32. The second-order valence-electron chi connectivity index (χ2n) is 8.05. The van der Waals surface area contributed by atoms with E-state index in [1.807, 2.05) is 29.2 Å². The van der Waals surface area contributed by atoms with Gasteiger partial charge in [0.05, 0.1) is 13.5 Å². The highest BCUT2D eigenvalue weighted by Crippen LogP contribution is 2.23. The molecule has 1 N–H and O–H groups in total. The number of hydrogen-bond donors (Lipinski definition) is 1. The molecular weight excluding hydrogens is 376 g/mol. The summed E-state index contributed by atoms with van der Waals surface area (Å²) in [5.74, 6) is 1.68. The number of amides is 2. The molecule has 1 saturated heterocycles. The summed E-state index contributed by atoms with van der Waals surface area (Å²) in [4.78, 5) is 26.0. The summed E-state index contributed by atoms with van der Waals surface area (Å²) in [6.07, 6.45) is 4.86. The lowest BCUT2D eigenvalue weighted by Crippen LogP contribution is -2.39. The predicted octanol–water partition coefficient (Wildman–Crippen LogP) is 3.40. The second-order valence-corrected chi connectivity index (χ2v) is 8.05. The number of aryl methyl sites for hydroxylation is 1. The molecule has 0 aliphatic carbocycles. The average molecular weight is 409 g/mol. The number of nitrogens with zero attached hydrogens (tertiary/aromatic N) is 1. The van der Waals surface area contributed by atoms with Gasteiger partial charge in [-0.25, -0.2) is 0 Å². The molecule has 0 bridgehead atoms. The molecule has 0 radical (unpaired) electrons. The number of ether oxygens (including phenoxy) is 1. The maximum atomic E-state index is 12.7. The van der Waals surface area contributed by atoms with Crippen molar-refractivity contribution in [3.63, 3.8) is 0 Å². The van der Waals surface area contributed by atoms with Gasteiger partial charge in [-0.05, 0) is 60.4 Å². The Bertz CT molecular complexity index is 840. The molecule has 2 aromatic carbocycles. The molecule has 1 aliphatic heterocycles. The molecular formula is C25H32N2O3. The van der Waals surface area contributed by atoms with Gasteiger partial charge in [0.1, 0.15) is 5.75 Å². The summed E-state index contributed by atoms with van der Waals surface area (Å²) in [5.41, 5.74) is 3.53. The number of carbonyl (C=O) groups excluding carboxylic acids is 2. The Balaban J connectivity index is 1.43. The lowest BCUT2D eigenvalue weighted by atomic mass is 9.89. The van der Waals surface area contributed by atoms with Crippen LogP contribution in [0.15, 0.2) is 48.5 Å². The molecule has 30 heavy (non-hydrogen) atoms. The smallest absolute Gasteiger partial charge is 0.226 e. The monoisotopic (exact) mass is 408 g/mol. The normalized spacial score (nSPS) is 14.4. The van der Waals surface area contributed by atoms with E-state index in [4.69, 9.17) is 4.74 Å². The van der Waals surface area contributed by atoms with Crippen molar-refractivity contribution in [2.45, 2.75) is 38.5 Å². The maximum Gasteiger partial charge on any atom is 0.226 e. The molecule has 2 amide bonds. The van der Waals surface area contributed by atoms with Gasteiger partial charge in [-0.2, -0.15) is 0 Å². The first-order valence-electron chi connectivity index (χ1n) is 10.8. The first kappa shape index (κ1) is 21.9. The van der Waals surface area contributed by atoms with E-state index < -0.39 is 0 Å². The van der Waals surface area contributed by atoms with E-state index >= 15 is 0 Å². The zero-order chi connectivity index (χ0) is 21.3. The molecule has 5 nitrogen and oxygen atoms in total. The van der Waals surface area contributed by atoms with Crippen LogP contribution in [0.1, 0.15) is 36.0 Å². The van der Waals surface area contributed by atoms with Gasteiger partial charge in [-0.1, -0.05) is 36.4 Å². The topological polar surface area (TPSA) is 58.6 Å². The van der Waals surface area contributed by atoms with Gasteiger partial charge >= 0.3 is 0 Å². The summed E-state index contributed by atoms with van der Waals surface area (Å²) < 4.78 is 5.25. The van der Waals surface area contributed by atoms with E-state index in [1.54, 1.807) is 14.2 Å². The Hall–Kier alpha value is -2.82. The van der Waals surface area contributed by atoms with Gasteiger partial charge in [0.25, 0.3) is 0 Å². The fraction of sp³-hybridized carbons (Fsp3) is 0.440. The van der Waals surface area contributed by atoms with E-state index in [2.05, 4.69) is 29.6 Å². The van der Waals surface area contributed by atoms with Crippen LogP contribution in [-0.4, -0.2) is 44.0 Å². The highest BCUT2D eigenvalue weighted by Gasteiger charge is 2.23. The van der Waals surface area contributed by atoms with Crippen LogP contribution in [0.2, 0.25) is 0 Å². The van der Waals surface area contributed by atoms with Crippen LogP contribution in [0.25, 0.3) is 0 Å². The molecule has 0 aromatic heterocycles. The Kier molecular flexibility index (Phi) is 7.89. The van der Waals surface area contributed by atoms with Crippen molar-refractivity contribution < 1.29 is 14.3 Å². The quantitative estimate of drug-likeness (QED) is 0.728. The summed E-state index contributed by atoms with van der Waals surface area (Å²) in [6.45, 7) is 1.66. The number of benzene rings is 2. The minimum Gasteiger partial charge on any atom is -0.497 e. The van der Waals surface area contributed by atoms with Crippen molar-refractivity contribution in [3.05, 3.63) is 65.2 Å². The van der Waals surface area contributed by atoms with Crippen molar-refractivity contribution in [3.8, 4) is 5.75 Å². The van der Waals surface area contributed by atoms with Gasteiger partial charge in [0.2, 0.25) is 11.8 Å². The zero-order valence-corrected chi connectivity index (χ0v) is 18.0. The number of nitrogens with one attached hydrogen (secondary N) is 1. The first-order valence-corrected chi connectivity index (χ1v) is 10.8. The molecule has 5 heteroatoms. The molecule has 0 unspecified atom stereocenters. The van der Waals surface area contributed by atoms with Crippen LogP contribution in [0.4, 0.5) is 0 Å². The average Bonchev–Trinajstić information content (AvgIpc) is 2.79. The van der Waals surface area contributed by atoms with Crippen molar-refractivity contribution in [1.29, 1.82) is 0 Å². The number of piperidine rings is 1. The fourth-order valence-electron chi connectivity index (χ4n) is 4.01. The van der Waals surface area contributed by atoms with Gasteiger partial charge in [-0.15, -0.1) is 0 Å². The van der Waals surface area contributed by atoms with Gasteiger partial charge in [-0.3, -0.25) is 9.59 Å². The SMILES string of the molecule is CNC(=O)CCc1ccc(CC2CCN(C(=O)Cc3cccc(OC)c3)CC2)cc1. The third-order valence-corrected chi connectivity index (χ3v) is 5.92. The van der Waals surface area contributed by atoms with Gasteiger partial charge < -0.3 is 15.0 Å². The largest absolute Gasteiger partial charge is 0.497 e. The van der Waals surface area contributed by atoms with Crippen molar-refractivity contribution in [1.82, 2.24) is 10.2 Å². The highest BCUT2D eigenvalue weighted by atomic mass is 16.5. The number of rotatable bonds is 8. The van der Waals surface area contributed by atoms with Gasteiger partial charge in [0, 0.05) is 26.6 Å². The summed E-state index contributed by atoms with van der Waals surface area (Å²) >= 11 is 0. The van der Waals surface area contributed by atoms with Crippen LogP contribution in [-0.2, 0) is 28.9 Å². The number of carbonyl (C=O) groups is 2. The van der Waals surface area contributed by atoms with Gasteiger partial charge in [0.15, 0.2) is 0 Å². The third kappa shape index (κ3) is 6.34. The van der Waals surface area contributed by atoms with E-state index in [0.29, 0.717) is 18.8 Å². The lowest BCUT2D eigenvalue weighted by molar-refractivity contribution is -0.131. The number of likely N-dealkylation sites (tertiary alicyclic amines) is 1. The van der Waals surface area contributed by atoms with E-state index in [1.165, 1.54) is 11.1 Å². The van der Waals surface area contributed by atoms with E-state index in [0.717, 1.165) is 50.1 Å². The minimum absolute atomic E-state index is 0.0757. The first-order chi connectivity index (χ1) is 14.6. The molecule has 1 heterocycles. The highest BCUT2D eigenvalue weighted by molar-refractivity contribution is 5.79. The molecule has 1 fully saturated rings. The minimum atomic E-state index is 0.0757. The fourth-order valence-corrected chi connectivity index (χ4v) is 4.01. The van der Waals surface area contributed by atoms with Crippen molar-refractivity contribution in [2.75, 3.05) is 27.2 Å². The summed E-state index contributed by atoms with van der Waals surface area (Å²) in [6, 6.07) is 16.4. The summed E-state index contributed by atoms with van der Waals surface area (Å²) in [7, 11) is 3.31. The van der Waals surface area contributed by atoms with Crippen LogP contribution < -0.4 is 10.1 Å². The van der Waals surface area contributed by atoms with Crippen molar-refractivity contribution in [2.24, 2.45) is 5.92 Å². The van der Waals surface area contributed by atoms with Crippen LogP contribution in [0.3, 0.4) is 0 Å². The van der Waals surface area contributed by atoms with Crippen LogP contribution in [0, 0.1) is 5.92 Å². The Labute approximate surface area is 179 Å². The second kappa shape index (κ2) is 10.8. The molecule has 1 aliphatic rings. The molecule has 0 atom stereocenters. The standard InChI is InChI=1S/C25H32N2O3/c1-26-24(28)11-10-19-6-8-20(9-7-19)16-21-12-14-27(15-13-21)25(29)18-22-4-3-5-23(17-22)30-2/h3-9,17,21H,10-16,18H2,1-2H3,(H,26,28). The van der Waals surface area contributed by atoms with Crippen molar-refractivity contribution >= 4 is 11.8 Å². The Morgan fingerprint density at radius 1 is 1.03 bits per heavy atom. The molecule has 2 aromatic rings. The molecule has 3 rings (SSSR count). The van der Waals surface area contributed by atoms with Crippen LogP contribution >= 0.6 is 0 Å². The number of hydrogen-bond acceptors (Lipinski definition) is 3. The molecule has 0 saturated carbocycles. The zero-order valence-electron chi connectivity index (χ0n) is 18.0. The molecule has 160 valence electrons. The summed E-state index contributed by atoms with van der Waals surface area (Å²) in [5, 5.41) is 2.66. The molecule has 0 spiro atoms. The Morgan fingerprint density at radius 3 is 2.40 bits per heavy atom. The Morgan fingerprint density at radius 2 is 1.73 bits per heavy atom. The third-order valence-electron chi connectivity index (χ3n) is 5.92. The van der Waals surface area contributed by atoms with Crippen LogP contribution in [0.5, 0.6) is 5.75 Å². The maximum absolute atomic E-state index is 12.7. The van der Waals surface area contributed by atoms with E-state index in [-0.39, 0.29) is 11.8 Å². The van der Waals surface area contributed by atoms with E-state index in [9.17, 15) is 9.59 Å².